The van der Waals surface area contributed by atoms with Crippen molar-refractivity contribution in [1.82, 2.24) is 0 Å². The van der Waals surface area contributed by atoms with Crippen molar-refractivity contribution in [3.8, 4) is 5.75 Å². The number of benzene rings is 1. The van der Waals surface area contributed by atoms with Gasteiger partial charge in [-0.15, -0.1) is 13.2 Å². The quantitative estimate of drug-likeness (QED) is 0.846. The van der Waals surface area contributed by atoms with E-state index in [9.17, 15) is 22.7 Å². The third kappa shape index (κ3) is 3.81. The molecule has 1 aliphatic heterocycles. The Bertz CT molecular complexity index is 447. The summed E-state index contributed by atoms with van der Waals surface area (Å²) >= 11 is 0. The van der Waals surface area contributed by atoms with Crippen LogP contribution in [-0.2, 0) is 4.74 Å². The fourth-order valence-corrected chi connectivity index (χ4v) is 1.94. The first-order chi connectivity index (χ1) is 8.85. The number of aliphatic hydroxyl groups excluding tert-OH is 1. The third-order valence-corrected chi connectivity index (χ3v) is 2.81. The van der Waals surface area contributed by atoms with Gasteiger partial charge in [0.1, 0.15) is 0 Å². The fourth-order valence-electron chi connectivity index (χ4n) is 1.94. The van der Waals surface area contributed by atoms with Gasteiger partial charge in [0, 0.05) is 13.0 Å². The van der Waals surface area contributed by atoms with Crippen LogP contribution in [0.1, 0.15) is 24.5 Å². The minimum atomic E-state index is -4.93. The molecule has 1 aromatic rings. The number of hydrogen-bond donors (Lipinski definition) is 1. The number of rotatable bonds is 2. The summed E-state index contributed by atoms with van der Waals surface area (Å²) in [5.74, 6) is -1.99. The first kappa shape index (κ1) is 14.1. The van der Waals surface area contributed by atoms with Gasteiger partial charge < -0.3 is 14.6 Å². The zero-order chi connectivity index (χ0) is 14.0. The Labute approximate surface area is 106 Å². The topological polar surface area (TPSA) is 38.7 Å². The normalized spacial score (nSPS) is 24.3. The van der Waals surface area contributed by atoms with Gasteiger partial charge in [-0.25, -0.2) is 4.39 Å². The largest absolute Gasteiger partial charge is 0.573 e. The molecule has 0 radical (unpaired) electrons. The van der Waals surface area contributed by atoms with Crippen molar-refractivity contribution in [1.29, 1.82) is 0 Å². The molecule has 0 spiro atoms. The second-order valence-corrected chi connectivity index (χ2v) is 4.28. The molecule has 106 valence electrons. The number of alkyl halides is 3. The Balaban J connectivity index is 2.14. The first-order valence-electron chi connectivity index (χ1n) is 5.70. The van der Waals surface area contributed by atoms with Crippen LogP contribution in [0.25, 0.3) is 0 Å². The Hall–Kier alpha value is -1.34. The molecule has 0 aliphatic carbocycles. The minimum absolute atomic E-state index is 0.291. The maximum Gasteiger partial charge on any atom is 0.573 e. The number of halogens is 4. The molecule has 1 aromatic carbocycles. The van der Waals surface area contributed by atoms with Crippen molar-refractivity contribution >= 4 is 0 Å². The van der Waals surface area contributed by atoms with Crippen LogP contribution < -0.4 is 4.74 Å². The van der Waals surface area contributed by atoms with Crippen molar-refractivity contribution in [2.24, 2.45) is 0 Å². The molecule has 1 fully saturated rings. The van der Waals surface area contributed by atoms with E-state index in [1.165, 1.54) is 6.07 Å². The van der Waals surface area contributed by atoms with Gasteiger partial charge in [-0.1, -0.05) is 6.07 Å². The molecule has 1 aliphatic rings. The van der Waals surface area contributed by atoms with E-state index >= 15 is 0 Å². The molecular weight excluding hydrogens is 268 g/mol. The van der Waals surface area contributed by atoms with Crippen LogP contribution in [0.2, 0.25) is 0 Å². The van der Waals surface area contributed by atoms with Crippen LogP contribution >= 0.6 is 0 Å². The highest BCUT2D eigenvalue weighted by atomic mass is 19.4. The van der Waals surface area contributed by atoms with E-state index in [0.29, 0.717) is 25.0 Å². The lowest BCUT2D eigenvalue weighted by molar-refractivity contribution is -0.275. The van der Waals surface area contributed by atoms with Crippen molar-refractivity contribution in [2.45, 2.75) is 31.4 Å². The fraction of sp³-hybridized carbons (Fsp3) is 0.500. The molecule has 0 aromatic heterocycles. The van der Waals surface area contributed by atoms with E-state index in [4.69, 9.17) is 4.74 Å². The zero-order valence-corrected chi connectivity index (χ0v) is 9.78. The lowest BCUT2D eigenvalue weighted by Gasteiger charge is -2.27. The first-order valence-corrected chi connectivity index (χ1v) is 5.70. The summed E-state index contributed by atoms with van der Waals surface area (Å²) in [6.45, 7) is 0.328. The van der Waals surface area contributed by atoms with Gasteiger partial charge in [-0.05, 0) is 24.1 Å². The summed E-state index contributed by atoms with van der Waals surface area (Å²) in [5, 5.41) is 9.47. The predicted molar refractivity (Wildman–Crippen MR) is 57.0 cm³/mol. The highest BCUT2D eigenvalue weighted by Gasteiger charge is 2.32. The maximum absolute atomic E-state index is 13.5. The highest BCUT2D eigenvalue weighted by Crippen LogP contribution is 2.32. The van der Waals surface area contributed by atoms with Crippen molar-refractivity contribution in [3.05, 3.63) is 29.6 Å². The lowest BCUT2D eigenvalue weighted by Crippen LogP contribution is -2.23. The molecule has 1 saturated heterocycles. The van der Waals surface area contributed by atoms with Gasteiger partial charge in [0.05, 0.1) is 12.2 Å². The van der Waals surface area contributed by atoms with E-state index in [0.717, 1.165) is 12.1 Å². The summed E-state index contributed by atoms with van der Waals surface area (Å²) < 4.78 is 58.3. The summed E-state index contributed by atoms with van der Waals surface area (Å²) in [4.78, 5) is 0. The lowest BCUT2D eigenvalue weighted by atomic mass is 9.99. The predicted octanol–water partition coefficient (Wildman–Crippen LogP) is 2.94. The SMILES string of the molecule is OC1CCOC(c2ccc(OC(F)(F)F)c(F)c2)C1. The second-order valence-electron chi connectivity index (χ2n) is 4.28. The molecule has 1 heterocycles. The van der Waals surface area contributed by atoms with Gasteiger partial charge in [-0.3, -0.25) is 0 Å². The maximum atomic E-state index is 13.5. The Kier molecular flexibility index (Phi) is 3.96. The number of aliphatic hydroxyl groups is 1. The smallest absolute Gasteiger partial charge is 0.403 e. The van der Waals surface area contributed by atoms with Crippen molar-refractivity contribution in [3.63, 3.8) is 0 Å². The summed E-state index contributed by atoms with van der Waals surface area (Å²) in [6.07, 6.45) is -5.21. The molecule has 2 rings (SSSR count). The number of hydrogen-bond acceptors (Lipinski definition) is 3. The molecule has 0 amide bonds. The van der Waals surface area contributed by atoms with E-state index in [1.54, 1.807) is 0 Å². The van der Waals surface area contributed by atoms with Crippen LogP contribution in [0.3, 0.4) is 0 Å². The van der Waals surface area contributed by atoms with Gasteiger partial charge in [0.15, 0.2) is 11.6 Å². The average molecular weight is 280 g/mol. The van der Waals surface area contributed by atoms with E-state index in [2.05, 4.69) is 4.74 Å². The zero-order valence-electron chi connectivity index (χ0n) is 9.78. The van der Waals surface area contributed by atoms with Crippen LogP contribution in [-0.4, -0.2) is 24.2 Å². The molecule has 0 saturated carbocycles. The Morgan fingerprint density at radius 2 is 2.05 bits per heavy atom. The summed E-state index contributed by atoms with van der Waals surface area (Å²) in [5.41, 5.74) is 0.380. The molecule has 3 nitrogen and oxygen atoms in total. The second kappa shape index (κ2) is 5.34. The molecule has 19 heavy (non-hydrogen) atoms. The van der Waals surface area contributed by atoms with Crippen LogP contribution in [0.5, 0.6) is 5.75 Å². The van der Waals surface area contributed by atoms with Crippen LogP contribution in [0.4, 0.5) is 17.6 Å². The molecule has 2 unspecified atom stereocenters. The molecule has 7 heteroatoms. The monoisotopic (exact) mass is 280 g/mol. The van der Waals surface area contributed by atoms with E-state index in [1.807, 2.05) is 0 Å². The van der Waals surface area contributed by atoms with Gasteiger partial charge in [-0.2, -0.15) is 0 Å². The Morgan fingerprint density at radius 3 is 2.63 bits per heavy atom. The molecule has 1 N–H and O–H groups in total. The Morgan fingerprint density at radius 1 is 1.32 bits per heavy atom. The van der Waals surface area contributed by atoms with Crippen LogP contribution in [0, 0.1) is 5.82 Å². The summed E-state index contributed by atoms with van der Waals surface area (Å²) in [6, 6.07) is 3.14. The highest BCUT2D eigenvalue weighted by molar-refractivity contribution is 5.31. The van der Waals surface area contributed by atoms with Gasteiger partial charge >= 0.3 is 6.36 Å². The standard InChI is InChI=1S/C12H12F4O3/c13-9-5-7(11-6-8(17)3-4-18-11)1-2-10(9)19-12(14,15)16/h1-2,5,8,11,17H,3-4,6H2. The van der Waals surface area contributed by atoms with Crippen molar-refractivity contribution in [2.75, 3.05) is 6.61 Å². The van der Waals surface area contributed by atoms with E-state index in [-0.39, 0.29) is 0 Å². The van der Waals surface area contributed by atoms with E-state index < -0.39 is 30.1 Å². The summed E-state index contributed by atoms with van der Waals surface area (Å²) in [7, 11) is 0. The molecule has 0 bridgehead atoms. The van der Waals surface area contributed by atoms with Gasteiger partial charge in [0.25, 0.3) is 0 Å². The molecule has 2 atom stereocenters. The van der Waals surface area contributed by atoms with Gasteiger partial charge in [0.2, 0.25) is 0 Å². The number of ether oxygens (including phenoxy) is 2. The van der Waals surface area contributed by atoms with Crippen molar-refractivity contribution < 1.29 is 32.1 Å². The van der Waals surface area contributed by atoms with Crippen LogP contribution in [0.15, 0.2) is 18.2 Å². The third-order valence-electron chi connectivity index (χ3n) is 2.81. The average Bonchev–Trinajstić information content (AvgIpc) is 2.30. The molecular formula is C12H12F4O3. The minimum Gasteiger partial charge on any atom is -0.403 e.